The Hall–Kier alpha value is -3.23. The zero-order valence-electron chi connectivity index (χ0n) is 22.0. The van der Waals surface area contributed by atoms with E-state index < -0.39 is 6.36 Å². The number of nitrogens with zero attached hydrogens (tertiary/aromatic N) is 3. The molecule has 1 heterocycles. The van der Waals surface area contributed by atoms with Gasteiger partial charge in [0.05, 0.1) is 11.0 Å². The van der Waals surface area contributed by atoms with Crippen LogP contribution in [0.4, 0.5) is 24.8 Å². The van der Waals surface area contributed by atoms with Gasteiger partial charge in [-0.3, -0.25) is 4.79 Å². The summed E-state index contributed by atoms with van der Waals surface area (Å²) >= 11 is 0. The number of nitrogens with one attached hydrogen (secondary N) is 1. The average Bonchev–Trinajstić information content (AvgIpc) is 3.13. The van der Waals surface area contributed by atoms with Crippen molar-refractivity contribution in [3.05, 3.63) is 48.0 Å². The summed E-state index contributed by atoms with van der Waals surface area (Å²) in [5.41, 5.74) is 3.65. The molecule has 0 radical (unpaired) electrons. The van der Waals surface area contributed by atoms with Gasteiger partial charge in [-0.05, 0) is 79.0 Å². The van der Waals surface area contributed by atoms with E-state index in [2.05, 4.69) is 41.5 Å². The molecule has 0 bridgehead atoms. The molecular weight excluding hydrogens is 481 g/mol. The predicted molar refractivity (Wildman–Crippen MR) is 139 cm³/mol. The van der Waals surface area contributed by atoms with E-state index >= 15 is 0 Å². The Morgan fingerprint density at radius 3 is 2.49 bits per heavy atom. The summed E-state index contributed by atoms with van der Waals surface area (Å²) in [6.07, 6.45) is -0.524. The molecule has 1 aromatic heterocycles. The molecule has 0 aliphatic heterocycles. The van der Waals surface area contributed by atoms with E-state index in [1.54, 1.807) is 31.1 Å². The topological polar surface area (TPSA) is 59.4 Å². The number of alkyl halides is 3. The number of benzene rings is 2. The number of ether oxygens (including phenoxy) is 1. The van der Waals surface area contributed by atoms with Crippen molar-refractivity contribution in [3.8, 4) is 5.75 Å². The molecule has 4 rings (SSSR count). The lowest BCUT2D eigenvalue weighted by atomic mass is 9.70. The quantitative estimate of drug-likeness (QED) is 0.364. The van der Waals surface area contributed by atoms with Crippen LogP contribution in [0.2, 0.25) is 0 Å². The van der Waals surface area contributed by atoms with E-state index in [4.69, 9.17) is 4.98 Å². The van der Waals surface area contributed by atoms with Crippen LogP contribution in [0.5, 0.6) is 5.75 Å². The van der Waals surface area contributed by atoms with Gasteiger partial charge in [0.15, 0.2) is 0 Å². The Bertz CT molecular complexity index is 1250. The van der Waals surface area contributed by atoms with Crippen LogP contribution in [0, 0.1) is 11.3 Å². The molecule has 1 amide bonds. The molecule has 0 unspecified atom stereocenters. The maximum Gasteiger partial charge on any atom is 0.573 e. The van der Waals surface area contributed by atoms with Crippen LogP contribution < -0.4 is 10.1 Å². The molecule has 37 heavy (non-hydrogen) atoms. The zero-order valence-corrected chi connectivity index (χ0v) is 22.0. The number of anilines is 2. The van der Waals surface area contributed by atoms with Gasteiger partial charge in [-0.1, -0.05) is 26.8 Å². The van der Waals surface area contributed by atoms with E-state index in [1.807, 2.05) is 12.1 Å². The first kappa shape index (κ1) is 26.8. The first-order valence-electron chi connectivity index (χ1n) is 12.6. The third-order valence-corrected chi connectivity index (χ3v) is 6.95. The number of fused-ring (bicyclic) bond motifs is 1. The summed E-state index contributed by atoms with van der Waals surface area (Å²) in [5.74, 6) is 1.00. The van der Waals surface area contributed by atoms with Gasteiger partial charge in [-0.2, -0.15) is 0 Å². The third kappa shape index (κ3) is 6.76. The molecule has 1 aliphatic rings. The first-order chi connectivity index (χ1) is 17.3. The van der Waals surface area contributed by atoms with Gasteiger partial charge in [0, 0.05) is 32.2 Å². The second-order valence-electron chi connectivity index (χ2n) is 11.2. The van der Waals surface area contributed by atoms with Gasteiger partial charge in [-0.25, -0.2) is 4.98 Å². The van der Waals surface area contributed by atoms with Crippen LogP contribution in [0.25, 0.3) is 11.0 Å². The van der Waals surface area contributed by atoms with Crippen LogP contribution in [-0.4, -0.2) is 40.8 Å². The number of carbonyl (C=O) groups excluding carboxylic acids is 1. The SMILES string of the molecule is C[C@@H]1C[C@H](n2c(Nc3ccc(OC(F)(F)F)cc3)nc3cc(CCC(=O)N(C)C)ccc32)CC(C)(C)C1. The molecule has 0 saturated heterocycles. The van der Waals surface area contributed by atoms with Crippen molar-refractivity contribution in [2.24, 2.45) is 11.3 Å². The number of aryl methyl sites for hydroxylation is 1. The van der Waals surface area contributed by atoms with Crippen LogP contribution in [0.3, 0.4) is 0 Å². The van der Waals surface area contributed by atoms with Crippen molar-refractivity contribution in [1.82, 2.24) is 14.5 Å². The van der Waals surface area contributed by atoms with Crippen LogP contribution in [0.1, 0.15) is 58.1 Å². The Balaban J connectivity index is 1.68. The van der Waals surface area contributed by atoms with Crippen molar-refractivity contribution < 1.29 is 22.7 Å². The second kappa shape index (κ2) is 10.3. The van der Waals surface area contributed by atoms with Gasteiger partial charge in [-0.15, -0.1) is 13.2 Å². The summed E-state index contributed by atoms with van der Waals surface area (Å²) in [6, 6.07) is 12.0. The number of hydrogen-bond acceptors (Lipinski definition) is 4. The standard InChI is InChI=1S/C28H35F3N4O2/c1-18-14-21(17-27(2,3)16-18)35-24-12-6-19(7-13-25(36)34(4)5)15-23(24)33-26(35)32-20-8-10-22(11-9-20)37-28(29,30)31/h6,8-12,15,18,21H,7,13-14,16-17H2,1-5H3,(H,32,33)/t18-,21+/m1/s1. The Labute approximate surface area is 215 Å². The Morgan fingerprint density at radius 2 is 1.86 bits per heavy atom. The van der Waals surface area contributed by atoms with E-state index in [-0.39, 0.29) is 23.1 Å². The fourth-order valence-electron chi connectivity index (χ4n) is 5.59. The van der Waals surface area contributed by atoms with Crippen LogP contribution >= 0.6 is 0 Å². The smallest absolute Gasteiger partial charge is 0.406 e. The largest absolute Gasteiger partial charge is 0.573 e. The van der Waals surface area contributed by atoms with Crippen molar-refractivity contribution in [2.75, 3.05) is 19.4 Å². The van der Waals surface area contributed by atoms with Crippen LogP contribution in [0.15, 0.2) is 42.5 Å². The fourth-order valence-corrected chi connectivity index (χ4v) is 5.59. The summed E-state index contributed by atoms with van der Waals surface area (Å²) in [7, 11) is 3.50. The molecule has 200 valence electrons. The molecule has 0 spiro atoms. The van der Waals surface area contributed by atoms with Gasteiger partial charge in [0.25, 0.3) is 0 Å². The lowest BCUT2D eigenvalue weighted by molar-refractivity contribution is -0.274. The minimum absolute atomic E-state index is 0.0735. The molecule has 2 aromatic carbocycles. The Kier molecular flexibility index (Phi) is 7.44. The summed E-state index contributed by atoms with van der Waals surface area (Å²) in [6.45, 7) is 6.86. The van der Waals surface area contributed by atoms with E-state index in [9.17, 15) is 18.0 Å². The minimum atomic E-state index is -4.73. The van der Waals surface area contributed by atoms with Crippen LogP contribution in [-0.2, 0) is 11.2 Å². The molecule has 1 fully saturated rings. The third-order valence-electron chi connectivity index (χ3n) is 6.95. The number of aromatic nitrogens is 2. The highest BCUT2D eigenvalue weighted by Gasteiger charge is 2.35. The molecule has 1 saturated carbocycles. The predicted octanol–water partition coefficient (Wildman–Crippen LogP) is 7.09. The molecule has 6 nitrogen and oxygen atoms in total. The van der Waals surface area contributed by atoms with Gasteiger partial charge in [0.2, 0.25) is 11.9 Å². The number of carbonyl (C=O) groups is 1. The number of rotatable bonds is 7. The highest BCUT2D eigenvalue weighted by molar-refractivity contribution is 5.81. The van der Waals surface area contributed by atoms with Crippen molar-refractivity contribution in [2.45, 2.75) is 65.3 Å². The fraction of sp³-hybridized carbons (Fsp3) is 0.500. The molecule has 1 N–H and O–H groups in total. The van der Waals surface area contributed by atoms with Gasteiger partial charge >= 0.3 is 6.36 Å². The van der Waals surface area contributed by atoms with E-state index in [1.165, 1.54) is 12.1 Å². The summed E-state index contributed by atoms with van der Waals surface area (Å²) in [4.78, 5) is 18.6. The highest BCUT2D eigenvalue weighted by atomic mass is 19.4. The Morgan fingerprint density at radius 1 is 1.16 bits per heavy atom. The number of amides is 1. The van der Waals surface area contributed by atoms with Crippen molar-refractivity contribution in [1.29, 1.82) is 0 Å². The van der Waals surface area contributed by atoms with Crippen molar-refractivity contribution in [3.63, 3.8) is 0 Å². The summed E-state index contributed by atoms with van der Waals surface area (Å²) in [5, 5.41) is 3.33. The molecular formula is C28H35F3N4O2. The summed E-state index contributed by atoms with van der Waals surface area (Å²) < 4.78 is 43.9. The van der Waals surface area contributed by atoms with Gasteiger partial charge < -0.3 is 19.5 Å². The monoisotopic (exact) mass is 516 g/mol. The zero-order chi connectivity index (χ0) is 27.0. The average molecular weight is 517 g/mol. The maximum atomic E-state index is 12.6. The normalized spacial score (nSPS) is 19.6. The highest BCUT2D eigenvalue weighted by Crippen LogP contribution is 2.46. The van der Waals surface area contributed by atoms with Gasteiger partial charge in [0.1, 0.15) is 5.75 Å². The van der Waals surface area contributed by atoms with Crippen molar-refractivity contribution >= 4 is 28.6 Å². The first-order valence-corrected chi connectivity index (χ1v) is 12.6. The number of imidazole rings is 1. The number of halogens is 3. The molecule has 3 aromatic rings. The molecule has 1 aliphatic carbocycles. The molecule has 2 atom stereocenters. The lowest BCUT2D eigenvalue weighted by Gasteiger charge is -2.40. The lowest BCUT2D eigenvalue weighted by Crippen LogP contribution is -2.29. The second-order valence-corrected chi connectivity index (χ2v) is 11.2. The minimum Gasteiger partial charge on any atom is -0.406 e. The van der Waals surface area contributed by atoms with E-state index in [0.717, 1.165) is 35.9 Å². The van der Waals surface area contributed by atoms with E-state index in [0.29, 0.717) is 30.4 Å². The number of hydrogen-bond donors (Lipinski definition) is 1. The molecule has 9 heteroatoms. The maximum absolute atomic E-state index is 12.6.